The SMILES string of the molecule is CCc1ccc(C(F)(F)C(F)(F)F)cc1C(F)(F)C(F)(F)F. The second kappa shape index (κ2) is 5.31. The molecule has 0 aromatic heterocycles. The van der Waals surface area contributed by atoms with Gasteiger partial charge in [-0.05, 0) is 18.1 Å². The summed E-state index contributed by atoms with van der Waals surface area (Å²) >= 11 is 0. The molecule has 0 aliphatic rings. The lowest BCUT2D eigenvalue weighted by atomic mass is 9.94. The number of hydrogen-bond donors (Lipinski definition) is 0. The van der Waals surface area contributed by atoms with E-state index in [2.05, 4.69) is 0 Å². The summed E-state index contributed by atoms with van der Waals surface area (Å²) in [5.41, 5.74) is -4.57. The molecule has 22 heavy (non-hydrogen) atoms. The number of benzene rings is 1. The van der Waals surface area contributed by atoms with Gasteiger partial charge >= 0.3 is 24.2 Å². The van der Waals surface area contributed by atoms with Crippen molar-refractivity contribution in [3.63, 3.8) is 0 Å². The molecular weight excluding hydrogens is 334 g/mol. The minimum absolute atomic E-state index is 0.183. The van der Waals surface area contributed by atoms with Crippen LogP contribution in [0.2, 0.25) is 0 Å². The highest BCUT2D eigenvalue weighted by atomic mass is 19.4. The minimum Gasteiger partial charge on any atom is -0.191 e. The van der Waals surface area contributed by atoms with Crippen LogP contribution in [0.25, 0.3) is 0 Å². The predicted octanol–water partition coefficient (Wildman–Crippen LogP) is 5.56. The fraction of sp³-hybridized carbons (Fsp3) is 0.500. The van der Waals surface area contributed by atoms with Crippen LogP contribution in [0, 0.1) is 0 Å². The fourth-order valence-electron chi connectivity index (χ4n) is 1.69. The summed E-state index contributed by atoms with van der Waals surface area (Å²) in [6.45, 7) is 1.16. The fourth-order valence-corrected chi connectivity index (χ4v) is 1.69. The second-order valence-corrected chi connectivity index (χ2v) is 4.37. The number of rotatable bonds is 3. The first-order valence-electron chi connectivity index (χ1n) is 5.69. The van der Waals surface area contributed by atoms with Gasteiger partial charge in [-0.25, -0.2) is 0 Å². The Balaban J connectivity index is 3.57. The quantitative estimate of drug-likeness (QED) is 0.631. The summed E-state index contributed by atoms with van der Waals surface area (Å²) < 4.78 is 126. The molecule has 1 rings (SSSR count). The third kappa shape index (κ3) is 3.00. The molecule has 126 valence electrons. The van der Waals surface area contributed by atoms with Gasteiger partial charge in [0.25, 0.3) is 0 Å². The molecule has 0 saturated carbocycles. The maximum Gasteiger partial charge on any atom is 0.458 e. The summed E-state index contributed by atoms with van der Waals surface area (Å²) in [5.74, 6) is -11.1. The van der Waals surface area contributed by atoms with Gasteiger partial charge in [0, 0.05) is 11.1 Å². The summed E-state index contributed by atoms with van der Waals surface area (Å²) in [6, 6.07) is 0.145. The van der Waals surface area contributed by atoms with Gasteiger partial charge in [-0.1, -0.05) is 19.1 Å². The molecule has 10 heteroatoms. The average molecular weight is 342 g/mol. The van der Waals surface area contributed by atoms with Crippen LogP contribution in [0.1, 0.15) is 23.6 Å². The third-order valence-electron chi connectivity index (χ3n) is 2.90. The van der Waals surface area contributed by atoms with Crippen molar-refractivity contribution >= 4 is 0 Å². The lowest BCUT2D eigenvalue weighted by molar-refractivity contribution is -0.292. The van der Waals surface area contributed by atoms with Gasteiger partial charge in [0.2, 0.25) is 0 Å². The zero-order chi connectivity index (χ0) is 17.6. The van der Waals surface area contributed by atoms with Crippen LogP contribution >= 0.6 is 0 Å². The van der Waals surface area contributed by atoms with Gasteiger partial charge < -0.3 is 0 Å². The van der Waals surface area contributed by atoms with Gasteiger partial charge in [-0.3, -0.25) is 0 Å². The van der Waals surface area contributed by atoms with Gasteiger partial charge in [-0.15, -0.1) is 0 Å². The number of hydrogen-bond acceptors (Lipinski definition) is 0. The van der Waals surface area contributed by atoms with Crippen LogP contribution in [0.4, 0.5) is 43.9 Å². The molecule has 0 fully saturated rings. The highest BCUT2D eigenvalue weighted by Crippen LogP contribution is 2.49. The van der Waals surface area contributed by atoms with Gasteiger partial charge in [0.05, 0.1) is 0 Å². The highest BCUT2D eigenvalue weighted by Gasteiger charge is 2.62. The summed E-state index contributed by atoms with van der Waals surface area (Å²) in [6.07, 6.45) is -12.6. The van der Waals surface area contributed by atoms with Crippen LogP contribution in [0.3, 0.4) is 0 Å². The Morgan fingerprint density at radius 3 is 1.55 bits per heavy atom. The minimum atomic E-state index is -6.12. The van der Waals surface area contributed by atoms with Gasteiger partial charge in [-0.2, -0.15) is 43.9 Å². The molecule has 0 spiro atoms. The van der Waals surface area contributed by atoms with E-state index in [0.717, 1.165) is 6.92 Å². The molecule has 0 unspecified atom stereocenters. The molecule has 0 atom stereocenters. The second-order valence-electron chi connectivity index (χ2n) is 4.37. The van der Waals surface area contributed by atoms with E-state index in [1.54, 1.807) is 0 Å². The molecule has 0 aliphatic carbocycles. The van der Waals surface area contributed by atoms with E-state index in [0.29, 0.717) is 6.07 Å². The molecule has 1 aromatic rings. The number of aryl methyl sites for hydroxylation is 1. The van der Waals surface area contributed by atoms with Crippen LogP contribution < -0.4 is 0 Å². The van der Waals surface area contributed by atoms with Gasteiger partial charge in [0.1, 0.15) is 0 Å². The lowest BCUT2D eigenvalue weighted by Crippen LogP contribution is -2.37. The Morgan fingerprint density at radius 1 is 0.727 bits per heavy atom. The highest BCUT2D eigenvalue weighted by molar-refractivity contribution is 5.38. The van der Waals surface area contributed by atoms with Crippen molar-refractivity contribution in [3.05, 3.63) is 34.9 Å². The molecule has 0 radical (unpaired) electrons. The molecule has 0 bridgehead atoms. The lowest BCUT2D eigenvalue weighted by Gasteiger charge is -2.25. The number of alkyl halides is 10. The maximum absolute atomic E-state index is 13.3. The van der Waals surface area contributed by atoms with E-state index < -0.39 is 53.4 Å². The molecule has 1 aromatic carbocycles. The molecular formula is C12H8F10. The number of halogens is 10. The molecule has 0 nitrogen and oxygen atoms in total. The van der Waals surface area contributed by atoms with E-state index >= 15 is 0 Å². The Bertz CT molecular complexity index is 538. The molecule has 0 N–H and O–H groups in total. The Morgan fingerprint density at radius 2 is 1.18 bits per heavy atom. The first-order valence-corrected chi connectivity index (χ1v) is 5.69. The average Bonchev–Trinajstić information content (AvgIpc) is 2.35. The van der Waals surface area contributed by atoms with E-state index in [9.17, 15) is 43.9 Å². The van der Waals surface area contributed by atoms with Crippen molar-refractivity contribution in [2.75, 3.05) is 0 Å². The van der Waals surface area contributed by atoms with E-state index in [-0.39, 0.29) is 6.07 Å². The Hall–Kier alpha value is -1.48. The smallest absolute Gasteiger partial charge is 0.191 e. The monoisotopic (exact) mass is 342 g/mol. The van der Waals surface area contributed by atoms with Crippen molar-refractivity contribution in [3.8, 4) is 0 Å². The first kappa shape index (κ1) is 18.6. The van der Waals surface area contributed by atoms with Crippen LogP contribution in [-0.4, -0.2) is 12.4 Å². The Labute approximate surface area is 117 Å². The van der Waals surface area contributed by atoms with Gasteiger partial charge in [0.15, 0.2) is 0 Å². The van der Waals surface area contributed by atoms with Crippen molar-refractivity contribution in [2.24, 2.45) is 0 Å². The predicted molar refractivity (Wildman–Crippen MR) is 55.7 cm³/mol. The summed E-state index contributed by atoms with van der Waals surface area (Å²) in [7, 11) is 0. The van der Waals surface area contributed by atoms with Crippen LogP contribution in [0.15, 0.2) is 18.2 Å². The van der Waals surface area contributed by atoms with Crippen molar-refractivity contribution < 1.29 is 43.9 Å². The third-order valence-corrected chi connectivity index (χ3v) is 2.90. The zero-order valence-electron chi connectivity index (χ0n) is 10.7. The zero-order valence-corrected chi connectivity index (χ0v) is 10.7. The maximum atomic E-state index is 13.3. The Kier molecular flexibility index (Phi) is 4.48. The largest absolute Gasteiger partial charge is 0.458 e. The van der Waals surface area contributed by atoms with Crippen molar-refractivity contribution in [2.45, 2.75) is 37.5 Å². The van der Waals surface area contributed by atoms with E-state index in [1.165, 1.54) is 0 Å². The molecule has 0 aliphatic heterocycles. The topological polar surface area (TPSA) is 0 Å². The van der Waals surface area contributed by atoms with Crippen LogP contribution in [-0.2, 0) is 18.3 Å². The summed E-state index contributed by atoms with van der Waals surface area (Å²) in [5, 5.41) is 0. The normalized spacial score (nSPS) is 14.3. The van der Waals surface area contributed by atoms with E-state index in [1.807, 2.05) is 0 Å². The van der Waals surface area contributed by atoms with E-state index in [4.69, 9.17) is 0 Å². The molecule has 0 saturated heterocycles. The standard InChI is InChI=1S/C12H8F10/c1-2-6-3-4-7(9(13,14)11(17,18)19)5-8(6)10(15,16)12(20,21)22/h3-5H,2H2,1H3. The van der Waals surface area contributed by atoms with Crippen molar-refractivity contribution in [1.29, 1.82) is 0 Å². The first-order chi connectivity index (χ1) is 9.66. The molecule has 0 amide bonds. The molecule has 0 heterocycles. The van der Waals surface area contributed by atoms with Crippen LogP contribution in [0.5, 0.6) is 0 Å². The summed E-state index contributed by atoms with van der Waals surface area (Å²) in [4.78, 5) is 0. The van der Waals surface area contributed by atoms with Crippen molar-refractivity contribution in [1.82, 2.24) is 0 Å².